The van der Waals surface area contributed by atoms with Crippen molar-refractivity contribution in [3.05, 3.63) is 39.6 Å². The fraction of sp³-hybridized carbons (Fsp3) is 0.286. The van der Waals surface area contributed by atoms with Gasteiger partial charge in [-0.15, -0.1) is 0 Å². The number of H-pyrrole nitrogens is 1. The van der Waals surface area contributed by atoms with Gasteiger partial charge in [0.1, 0.15) is 11.2 Å². The highest BCUT2D eigenvalue weighted by atomic mass is 16.6. The van der Waals surface area contributed by atoms with E-state index >= 15 is 0 Å². The van der Waals surface area contributed by atoms with Crippen molar-refractivity contribution in [1.82, 2.24) is 10.4 Å². The van der Waals surface area contributed by atoms with Gasteiger partial charge in [-0.3, -0.25) is 14.9 Å². The van der Waals surface area contributed by atoms with Gasteiger partial charge in [0, 0.05) is 17.2 Å². The van der Waals surface area contributed by atoms with Crippen molar-refractivity contribution >= 4 is 28.2 Å². The average molecular weight is 288 g/mol. The lowest BCUT2D eigenvalue weighted by Gasteiger charge is -2.00. The number of nitro groups is 1. The van der Waals surface area contributed by atoms with Gasteiger partial charge >= 0.3 is 0 Å². The van der Waals surface area contributed by atoms with Crippen LogP contribution in [0.15, 0.2) is 23.3 Å². The number of aryl methyl sites for hydroxylation is 1. The minimum atomic E-state index is -0.473. The lowest BCUT2D eigenvalue weighted by molar-refractivity contribution is -0.383. The lowest BCUT2D eigenvalue weighted by atomic mass is 10.1. The van der Waals surface area contributed by atoms with Crippen LogP contribution in [-0.2, 0) is 0 Å². The van der Waals surface area contributed by atoms with E-state index in [1.165, 1.54) is 6.07 Å². The zero-order valence-electron chi connectivity index (χ0n) is 12.1. The Morgan fingerprint density at radius 3 is 2.81 bits per heavy atom. The largest absolute Gasteiger partial charge is 0.345 e. The third kappa shape index (κ3) is 2.76. The van der Waals surface area contributed by atoms with E-state index in [2.05, 4.69) is 15.5 Å². The molecular weight excluding hydrogens is 272 g/mol. The first-order chi connectivity index (χ1) is 9.95. The van der Waals surface area contributed by atoms with Crippen LogP contribution in [0.3, 0.4) is 0 Å². The molecule has 0 radical (unpaired) electrons. The van der Waals surface area contributed by atoms with Gasteiger partial charge in [-0.1, -0.05) is 19.1 Å². The summed E-state index contributed by atoms with van der Waals surface area (Å²) in [5.74, 6) is -0.411. The van der Waals surface area contributed by atoms with Crippen LogP contribution < -0.4 is 5.43 Å². The van der Waals surface area contributed by atoms with Crippen LogP contribution in [0.2, 0.25) is 0 Å². The number of aromatic amines is 1. The second-order valence-corrected chi connectivity index (χ2v) is 4.72. The summed E-state index contributed by atoms with van der Waals surface area (Å²) in [6.07, 6.45) is 0.734. The highest BCUT2D eigenvalue weighted by Gasteiger charge is 2.20. The quantitative estimate of drug-likeness (QED) is 0.514. The fourth-order valence-corrected chi connectivity index (χ4v) is 2.00. The second kappa shape index (κ2) is 5.74. The van der Waals surface area contributed by atoms with E-state index in [9.17, 15) is 14.9 Å². The number of aromatic nitrogens is 1. The van der Waals surface area contributed by atoms with Gasteiger partial charge in [-0.05, 0) is 25.8 Å². The Bertz CT molecular complexity index is 746. The molecule has 7 nitrogen and oxygen atoms in total. The van der Waals surface area contributed by atoms with Crippen molar-refractivity contribution in [1.29, 1.82) is 0 Å². The molecule has 0 bridgehead atoms. The predicted octanol–water partition coefficient (Wildman–Crippen LogP) is 2.90. The second-order valence-electron chi connectivity index (χ2n) is 4.72. The van der Waals surface area contributed by atoms with E-state index < -0.39 is 10.8 Å². The van der Waals surface area contributed by atoms with Crippen LogP contribution in [0.25, 0.3) is 10.9 Å². The average Bonchev–Trinajstić information content (AvgIpc) is 2.81. The maximum atomic E-state index is 12.1. The van der Waals surface area contributed by atoms with E-state index in [1.807, 2.05) is 13.8 Å². The first-order valence-electron chi connectivity index (χ1n) is 6.54. The molecular formula is C14H16N4O3. The van der Waals surface area contributed by atoms with Crippen molar-refractivity contribution in [2.24, 2.45) is 5.10 Å². The standard InChI is InChI=1S/C14H16N4O3/c1-4-8(2)16-17-14(19)12-9(3)10-6-5-7-11(18(20)21)13(10)15-12/h5-7,15H,4H2,1-3H3,(H,17,19). The molecule has 0 aliphatic carbocycles. The number of amides is 1. The Morgan fingerprint density at radius 1 is 1.48 bits per heavy atom. The van der Waals surface area contributed by atoms with E-state index in [0.29, 0.717) is 16.5 Å². The van der Waals surface area contributed by atoms with Crippen LogP contribution >= 0.6 is 0 Å². The molecule has 2 aromatic rings. The summed E-state index contributed by atoms with van der Waals surface area (Å²) in [5, 5.41) is 15.6. The van der Waals surface area contributed by atoms with Crippen LogP contribution in [0.5, 0.6) is 0 Å². The zero-order chi connectivity index (χ0) is 15.6. The Labute approximate surface area is 121 Å². The van der Waals surface area contributed by atoms with Gasteiger partial charge in [0.2, 0.25) is 0 Å². The number of para-hydroxylation sites is 1. The minimum Gasteiger partial charge on any atom is -0.345 e. The molecule has 21 heavy (non-hydrogen) atoms. The highest BCUT2D eigenvalue weighted by Crippen LogP contribution is 2.29. The first kappa shape index (κ1) is 14.7. The van der Waals surface area contributed by atoms with Gasteiger partial charge in [-0.2, -0.15) is 5.10 Å². The highest BCUT2D eigenvalue weighted by molar-refractivity contribution is 6.03. The molecule has 1 aromatic heterocycles. The molecule has 1 heterocycles. The normalized spacial score (nSPS) is 11.7. The summed E-state index contributed by atoms with van der Waals surface area (Å²) in [5.41, 5.74) is 4.48. The molecule has 0 saturated carbocycles. The number of hydrogen-bond acceptors (Lipinski definition) is 4. The Kier molecular flexibility index (Phi) is 4.02. The van der Waals surface area contributed by atoms with Crippen molar-refractivity contribution in [3.63, 3.8) is 0 Å². The molecule has 0 unspecified atom stereocenters. The van der Waals surface area contributed by atoms with Crippen LogP contribution in [-0.4, -0.2) is 21.5 Å². The van der Waals surface area contributed by atoms with Crippen molar-refractivity contribution in [2.75, 3.05) is 0 Å². The number of hydrogen-bond donors (Lipinski definition) is 2. The SMILES string of the molecule is CCC(C)=NNC(=O)c1[nH]c2c([N+](=O)[O-])cccc2c1C. The lowest BCUT2D eigenvalue weighted by Crippen LogP contribution is -2.20. The summed E-state index contributed by atoms with van der Waals surface area (Å²) < 4.78 is 0. The van der Waals surface area contributed by atoms with Gasteiger partial charge in [0.05, 0.1) is 4.92 Å². The molecule has 110 valence electrons. The number of nitrogens with one attached hydrogen (secondary N) is 2. The van der Waals surface area contributed by atoms with Gasteiger partial charge < -0.3 is 4.98 Å². The molecule has 0 atom stereocenters. The van der Waals surface area contributed by atoms with Crippen molar-refractivity contribution in [3.8, 4) is 0 Å². The number of carbonyl (C=O) groups excluding carboxylic acids is 1. The maximum absolute atomic E-state index is 12.1. The summed E-state index contributed by atoms with van der Waals surface area (Å²) in [7, 11) is 0. The van der Waals surface area contributed by atoms with Crippen LogP contribution in [0.1, 0.15) is 36.3 Å². The monoisotopic (exact) mass is 288 g/mol. The molecule has 2 rings (SSSR count). The third-order valence-corrected chi connectivity index (χ3v) is 3.36. The summed E-state index contributed by atoms with van der Waals surface area (Å²) in [6.45, 7) is 5.49. The number of nitrogens with zero attached hydrogens (tertiary/aromatic N) is 2. The number of non-ortho nitro benzene ring substituents is 1. The molecule has 2 N–H and O–H groups in total. The minimum absolute atomic E-state index is 0.0529. The Morgan fingerprint density at radius 2 is 2.19 bits per heavy atom. The molecule has 7 heteroatoms. The van der Waals surface area contributed by atoms with Crippen LogP contribution in [0, 0.1) is 17.0 Å². The van der Waals surface area contributed by atoms with E-state index in [4.69, 9.17) is 0 Å². The molecule has 0 saturated heterocycles. The molecule has 0 aliphatic rings. The number of fused-ring (bicyclic) bond motifs is 1. The third-order valence-electron chi connectivity index (χ3n) is 3.36. The Hall–Kier alpha value is -2.70. The predicted molar refractivity (Wildman–Crippen MR) is 80.6 cm³/mol. The number of rotatable bonds is 4. The molecule has 0 spiro atoms. The molecule has 1 aromatic carbocycles. The topological polar surface area (TPSA) is 100 Å². The van der Waals surface area contributed by atoms with Crippen molar-refractivity contribution < 1.29 is 9.72 Å². The summed E-state index contributed by atoms with van der Waals surface area (Å²) in [4.78, 5) is 25.5. The number of carbonyl (C=O) groups is 1. The Balaban J connectivity index is 2.46. The summed E-state index contributed by atoms with van der Waals surface area (Å²) in [6, 6.07) is 4.74. The van der Waals surface area contributed by atoms with Gasteiger partial charge in [-0.25, -0.2) is 5.43 Å². The number of hydrazone groups is 1. The zero-order valence-corrected chi connectivity index (χ0v) is 12.1. The summed E-state index contributed by atoms with van der Waals surface area (Å²) >= 11 is 0. The van der Waals surface area contributed by atoms with Gasteiger partial charge in [0.15, 0.2) is 0 Å². The fourth-order valence-electron chi connectivity index (χ4n) is 2.00. The maximum Gasteiger partial charge on any atom is 0.293 e. The van der Waals surface area contributed by atoms with Crippen molar-refractivity contribution in [2.45, 2.75) is 27.2 Å². The molecule has 0 fully saturated rings. The van der Waals surface area contributed by atoms with E-state index in [0.717, 1.165) is 12.1 Å². The van der Waals surface area contributed by atoms with Gasteiger partial charge in [0.25, 0.3) is 11.6 Å². The number of benzene rings is 1. The number of nitro benzene ring substituents is 1. The first-order valence-corrected chi connectivity index (χ1v) is 6.54. The van der Waals surface area contributed by atoms with E-state index in [-0.39, 0.29) is 11.4 Å². The van der Waals surface area contributed by atoms with E-state index in [1.54, 1.807) is 19.1 Å². The molecule has 1 amide bonds. The molecule has 0 aliphatic heterocycles. The van der Waals surface area contributed by atoms with Crippen LogP contribution in [0.4, 0.5) is 5.69 Å². The smallest absolute Gasteiger partial charge is 0.293 e.